The van der Waals surface area contributed by atoms with E-state index in [4.69, 9.17) is 28.4 Å². The zero-order valence-corrected chi connectivity index (χ0v) is 38.4. The fourth-order valence-electron chi connectivity index (χ4n) is 9.77. The molecule has 5 aliphatic rings. The van der Waals surface area contributed by atoms with Crippen molar-refractivity contribution in [3.8, 4) is 0 Å². The Morgan fingerprint density at radius 2 is 1.22 bits per heavy atom. The highest BCUT2D eigenvalue weighted by Crippen LogP contribution is 2.52. The molecule has 0 aromatic heterocycles. The van der Waals surface area contributed by atoms with Crippen LogP contribution in [0.1, 0.15) is 108 Å². The first kappa shape index (κ1) is 51.7. The third-order valence-corrected chi connectivity index (χ3v) is 14.0. The summed E-state index contributed by atoms with van der Waals surface area (Å²) in [4.78, 5) is 27.2. The van der Waals surface area contributed by atoms with Crippen molar-refractivity contribution in [2.75, 3.05) is 0 Å². The van der Waals surface area contributed by atoms with Gasteiger partial charge in [-0.15, -0.1) is 0 Å². The first-order chi connectivity index (χ1) is 29.5. The van der Waals surface area contributed by atoms with Gasteiger partial charge in [-0.1, -0.05) is 48.8 Å². The quantitative estimate of drug-likeness (QED) is 0.0869. The molecule has 21 atom stereocenters. The number of hydrogen-bond donors (Lipinski definition) is 8. The Bertz CT molecular complexity index is 1700. The lowest BCUT2D eigenvalue weighted by Crippen LogP contribution is -2.65. The molecule has 0 aromatic carbocycles. The van der Waals surface area contributed by atoms with Gasteiger partial charge >= 0.3 is 0 Å². The van der Waals surface area contributed by atoms with Gasteiger partial charge in [-0.25, -0.2) is 0 Å². The number of carbonyl (C=O) groups is 2. The van der Waals surface area contributed by atoms with Crippen LogP contribution in [0.4, 0.5) is 0 Å². The molecule has 21 unspecified atom stereocenters. The predicted molar refractivity (Wildman–Crippen MR) is 228 cm³/mol. The van der Waals surface area contributed by atoms with E-state index >= 15 is 0 Å². The molecule has 0 spiro atoms. The number of ketones is 2. The number of aliphatic hydroxyl groups excluding tert-OH is 7. The summed E-state index contributed by atoms with van der Waals surface area (Å²) in [6.07, 6.45) is -11.2. The van der Waals surface area contributed by atoms with E-state index in [9.17, 15) is 50.4 Å². The number of hydrogen-bond acceptors (Lipinski definition) is 16. The van der Waals surface area contributed by atoms with Crippen LogP contribution in [-0.4, -0.2) is 156 Å². The molecule has 3 saturated heterocycles. The van der Waals surface area contributed by atoms with Gasteiger partial charge in [0.15, 0.2) is 24.7 Å². The van der Waals surface area contributed by atoms with Gasteiger partial charge in [0.25, 0.3) is 0 Å². The molecule has 0 radical (unpaired) electrons. The highest BCUT2D eigenvalue weighted by Gasteiger charge is 2.57. The van der Waals surface area contributed by atoms with Crippen LogP contribution >= 0.6 is 0 Å². The Morgan fingerprint density at radius 3 is 1.79 bits per heavy atom. The van der Waals surface area contributed by atoms with Gasteiger partial charge in [0, 0.05) is 12.3 Å². The van der Waals surface area contributed by atoms with Gasteiger partial charge in [0.2, 0.25) is 0 Å². The number of Topliss-reactive ketones (excluding diaryl/α,β-unsaturated/α-hetero) is 2. The summed E-state index contributed by atoms with van der Waals surface area (Å²) in [5.41, 5.74) is 1.65. The lowest BCUT2D eigenvalue weighted by molar-refractivity contribution is -0.373. The molecule has 0 bridgehead atoms. The Balaban J connectivity index is 1.29. The lowest BCUT2D eigenvalue weighted by Gasteiger charge is -2.48. The minimum Gasteiger partial charge on any atom is -0.388 e. The summed E-state index contributed by atoms with van der Waals surface area (Å²) in [5, 5.41) is 88.3. The van der Waals surface area contributed by atoms with E-state index in [1.54, 1.807) is 19.9 Å². The maximum absolute atomic E-state index is 14.1. The van der Waals surface area contributed by atoms with Crippen LogP contribution in [0.5, 0.6) is 0 Å². The highest BCUT2D eigenvalue weighted by molar-refractivity contribution is 5.97. The summed E-state index contributed by atoms with van der Waals surface area (Å²) in [7, 11) is 0. The third-order valence-electron chi connectivity index (χ3n) is 14.0. The average molecular weight is 895 g/mol. The highest BCUT2D eigenvalue weighted by atomic mass is 16.8. The van der Waals surface area contributed by atoms with Crippen LogP contribution in [0.25, 0.3) is 0 Å². The van der Waals surface area contributed by atoms with Crippen molar-refractivity contribution in [2.24, 2.45) is 23.7 Å². The smallest absolute Gasteiger partial charge is 0.187 e. The minimum absolute atomic E-state index is 0.0190. The molecule has 16 nitrogen and oxygen atoms in total. The first-order valence-corrected chi connectivity index (χ1v) is 22.6. The van der Waals surface area contributed by atoms with E-state index < -0.39 is 110 Å². The summed E-state index contributed by atoms with van der Waals surface area (Å²) in [6, 6.07) is 0. The van der Waals surface area contributed by atoms with Gasteiger partial charge in [-0.05, 0) is 111 Å². The zero-order valence-electron chi connectivity index (χ0n) is 38.4. The Kier molecular flexibility index (Phi) is 17.7. The molecule has 63 heavy (non-hydrogen) atoms. The van der Waals surface area contributed by atoms with E-state index in [2.05, 4.69) is 0 Å². The van der Waals surface area contributed by atoms with Crippen LogP contribution < -0.4 is 0 Å². The number of fused-ring (bicyclic) bond motifs is 1. The summed E-state index contributed by atoms with van der Waals surface area (Å²) >= 11 is 0. The van der Waals surface area contributed by atoms with Crippen LogP contribution in [0.2, 0.25) is 0 Å². The maximum Gasteiger partial charge on any atom is 0.187 e. The van der Waals surface area contributed by atoms with Crippen LogP contribution in [0.15, 0.2) is 46.6 Å². The van der Waals surface area contributed by atoms with Crippen molar-refractivity contribution < 1.29 is 78.9 Å². The Hall–Kier alpha value is -2.26. The molecule has 8 N–H and O–H groups in total. The molecule has 3 heterocycles. The second-order valence-electron chi connectivity index (χ2n) is 19.2. The van der Waals surface area contributed by atoms with E-state index in [1.165, 1.54) is 13.8 Å². The minimum atomic E-state index is -1.75. The van der Waals surface area contributed by atoms with E-state index in [0.717, 1.165) is 30.4 Å². The SMILES string of the molecule is CC(C)=CCC(=O)C(C)=CC1C(=O)C2CCCC2C(C)C1(O)CC=C(C)C(CC=C(C)C)OC1OC(C)C(OC2OC(C)C(OC3OC(C)C(O)C(O)C3O)C(O)C2O)C(O)C1O. The van der Waals surface area contributed by atoms with Crippen molar-refractivity contribution in [3.05, 3.63) is 46.6 Å². The van der Waals surface area contributed by atoms with Gasteiger partial charge in [0.1, 0.15) is 60.7 Å². The van der Waals surface area contributed by atoms with Gasteiger partial charge in [-0.2, -0.15) is 0 Å². The Morgan fingerprint density at radius 1 is 0.698 bits per heavy atom. The molecular formula is C47H74O16. The van der Waals surface area contributed by atoms with Crippen molar-refractivity contribution >= 4 is 11.6 Å². The van der Waals surface area contributed by atoms with Crippen LogP contribution in [0.3, 0.4) is 0 Å². The molecule has 358 valence electrons. The topological polar surface area (TPSA) is 251 Å². The average Bonchev–Trinajstić information content (AvgIpc) is 3.73. The summed E-state index contributed by atoms with van der Waals surface area (Å²) in [6.45, 7) is 17.8. The molecule has 2 aliphatic carbocycles. The fraction of sp³-hybridized carbons (Fsp3) is 0.787. The number of rotatable bonds is 15. The molecule has 0 amide bonds. The summed E-state index contributed by atoms with van der Waals surface area (Å²) in [5.74, 6) is -1.44. The largest absolute Gasteiger partial charge is 0.388 e. The van der Waals surface area contributed by atoms with Gasteiger partial charge in [-0.3, -0.25) is 9.59 Å². The van der Waals surface area contributed by atoms with E-state index in [0.29, 0.717) is 17.6 Å². The monoisotopic (exact) mass is 894 g/mol. The zero-order chi connectivity index (χ0) is 46.8. The van der Waals surface area contributed by atoms with E-state index in [1.807, 2.05) is 59.8 Å². The Labute approximate surface area is 371 Å². The predicted octanol–water partition coefficient (Wildman–Crippen LogP) is 2.45. The molecule has 5 rings (SSSR count). The number of carbonyl (C=O) groups excluding carboxylic acids is 2. The normalized spacial score (nSPS) is 44.2. The van der Waals surface area contributed by atoms with Gasteiger partial charge in [0.05, 0.1) is 35.9 Å². The molecule has 5 fully saturated rings. The number of allylic oxidation sites excluding steroid dienone is 4. The third kappa shape index (κ3) is 11.5. The molecule has 3 aliphatic heterocycles. The maximum atomic E-state index is 14.1. The van der Waals surface area contributed by atoms with Crippen LogP contribution in [-0.2, 0) is 38.0 Å². The van der Waals surface area contributed by atoms with Crippen molar-refractivity contribution in [1.82, 2.24) is 0 Å². The molecule has 2 saturated carbocycles. The van der Waals surface area contributed by atoms with Crippen LogP contribution in [0, 0.1) is 23.7 Å². The van der Waals surface area contributed by atoms with Gasteiger partial charge < -0.3 is 69.3 Å². The van der Waals surface area contributed by atoms with Crippen molar-refractivity contribution in [3.63, 3.8) is 0 Å². The standard InChI is InChI=1S/C47H74O16/c1-21(2)14-16-32(48)24(6)20-31-35(50)30-13-11-12-29(30)25(7)47(31,57)19-18-23(5)33(17-15-22(3)4)61-44-40(55)37(52)42(27(9)59-44)63-46-41(56)38(53)43(28(10)60-46)62-45-39(54)36(51)34(49)26(8)58-45/h14-15,18,20,25-31,33-34,36-46,49,51-57H,11-13,16-17,19H2,1-10H3. The second-order valence-corrected chi connectivity index (χ2v) is 19.2. The first-order valence-electron chi connectivity index (χ1n) is 22.6. The van der Waals surface area contributed by atoms with E-state index in [-0.39, 0.29) is 42.2 Å². The molecule has 0 aromatic rings. The number of aliphatic hydroxyl groups is 8. The number of ether oxygens (including phenoxy) is 6. The van der Waals surface area contributed by atoms with Crippen molar-refractivity contribution in [2.45, 2.75) is 212 Å². The second kappa shape index (κ2) is 21.6. The van der Waals surface area contributed by atoms with Crippen molar-refractivity contribution in [1.29, 1.82) is 0 Å². The molecule has 16 heteroatoms. The lowest BCUT2D eigenvalue weighted by atomic mass is 9.58. The fourth-order valence-corrected chi connectivity index (χ4v) is 9.77. The summed E-state index contributed by atoms with van der Waals surface area (Å²) < 4.78 is 35.6. The molecular weight excluding hydrogens is 821 g/mol.